The summed E-state index contributed by atoms with van der Waals surface area (Å²) in [7, 11) is 0. The summed E-state index contributed by atoms with van der Waals surface area (Å²) in [5.41, 5.74) is 3.34. The lowest BCUT2D eigenvalue weighted by Gasteiger charge is -2.13. The van der Waals surface area contributed by atoms with Crippen molar-refractivity contribution in [2.24, 2.45) is 0 Å². The first-order valence-electron chi connectivity index (χ1n) is 10.5. The lowest BCUT2D eigenvalue weighted by Crippen LogP contribution is -2.27. The van der Waals surface area contributed by atoms with Gasteiger partial charge in [0.05, 0.1) is 11.4 Å². The maximum absolute atomic E-state index is 13.3. The molecule has 0 atom stereocenters. The molecule has 9 heteroatoms. The normalized spacial score (nSPS) is 15.1. The quantitative estimate of drug-likeness (QED) is 0.221. The van der Waals surface area contributed by atoms with Crippen LogP contribution in [0.4, 0.5) is 9.18 Å². The van der Waals surface area contributed by atoms with E-state index in [-0.39, 0.29) is 23.5 Å². The molecule has 2 amide bonds. The second kappa shape index (κ2) is 9.82. The largest absolute Gasteiger partial charge is 0.342 e. The van der Waals surface area contributed by atoms with Crippen molar-refractivity contribution in [2.45, 2.75) is 13.1 Å². The molecule has 1 aliphatic rings. The highest BCUT2D eigenvalue weighted by molar-refractivity contribution is 9.10. The Kier molecular flexibility index (Phi) is 6.77. The van der Waals surface area contributed by atoms with Gasteiger partial charge in [0.25, 0.3) is 11.1 Å². The molecule has 4 aromatic rings. The van der Waals surface area contributed by atoms with E-state index in [1.807, 2.05) is 29.0 Å². The summed E-state index contributed by atoms with van der Waals surface area (Å²) >= 11 is 16.6. The van der Waals surface area contributed by atoms with Crippen LogP contribution in [0.2, 0.25) is 10.0 Å². The summed E-state index contributed by atoms with van der Waals surface area (Å²) in [5.74, 6) is -0.660. The van der Waals surface area contributed by atoms with Gasteiger partial charge in [-0.25, -0.2) is 4.39 Å². The van der Waals surface area contributed by atoms with Gasteiger partial charge in [0, 0.05) is 43.7 Å². The fourth-order valence-electron chi connectivity index (χ4n) is 3.93. The van der Waals surface area contributed by atoms with Crippen LogP contribution in [0.1, 0.15) is 16.7 Å². The van der Waals surface area contributed by atoms with Crippen molar-refractivity contribution in [3.8, 4) is 0 Å². The highest BCUT2D eigenvalue weighted by Crippen LogP contribution is 2.36. The first-order chi connectivity index (χ1) is 16.8. The van der Waals surface area contributed by atoms with Crippen LogP contribution in [0, 0.1) is 5.82 Å². The van der Waals surface area contributed by atoms with Crippen molar-refractivity contribution in [1.82, 2.24) is 9.47 Å². The average Bonchev–Trinajstić information content (AvgIpc) is 3.28. The zero-order valence-corrected chi connectivity index (χ0v) is 21.9. The lowest BCUT2D eigenvalue weighted by molar-refractivity contribution is -0.123. The van der Waals surface area contributed by atoms with Gasteiger partial charge >= 0.3 is 0 Å². The Labute approximate surface area is 223 Å². The fraction of sp³-hybridized carbons (Fsp3) is 0.0769. The van der Waals surface area contributed by atoms with E-state index >= 15 is 0 Å². The van der Waals surface area contributed by atoms with Gasteiger partial charge in [-0.2, -0.15) is 0 Å². The van der Waals surface area contributed by atoms with Crippen LogP contribution < -0.4 is 0 Å². The SMILES string of the molecule is O=C1S/C(=C\c2cn(Cc3ccc(F)cc3)c3ccc(Br)cc23)C(=O)N1Cc1ccc(Cl)cc1Cl. The first kappa shape index (κ1) is 24.1. The van der Waals surface area contributed by atoms with Gasteiger partial charge < -0.3 is 4.57 Å². The number of carbonyl (C=O) groups is 2. The van der Waals surface area contributed by atoms with Crippen LogP contribution in [0.15, 0.2) is 76.2 Å². The molecule has 1 fully saturated rings. The smallest absolute Gasteiger partial charge is 0.293 e. The molecule has 4 nitrogen and oxygen atoms in total. The molecule has 2 heterocycles. The zero-order valence-electron chi connectivity index (χ0n) is 18.0. The maximum atomic E-state index is 13.3. The summed E-state index contributed by atoms with van der Waals surface area (Å²) in [6.45, 7) is 0.596. The minimum absolute atomic E-state index is 0.0654. The predicted octanol–water partition coefficient (Wildman–Crippen LogP) is 8.13. The number of nitrogens with zero attached hydrogens (tertiary/aromatic N) is 2. The van der Waals surface area contributed by atoms with E-state index in [0.29, 0.717) is 27.1 Å². The molecule has 0 radical (unpaired) electrons. The van der Waals surface area contributed by atoms with E-state index in [1.165, 1.54) is 17.0 Å². The Morgan fingerprint density at radius 2 is 1.74 bits per heavy atom. The van der Waals surface area contributed by atoms with E-state index in [9.17, 15) is 14.0 Å². The standard InChI is InChI=1S/C26H16BrCl2FN2O2S/c27-18-4-8-23-21(10-18)17(13-31(23)12-15-1-6-20(30)7-2-15)9-24-25(33)32(26(34)35-24)14-16-3-5-19(28)11-22(16)29/h1-11,13H,12,14H2/b24-9-. The maximum Gasteiger partial charge on any atom is 0.293 e. The first-order valence-corrected chi connectivity index (χ1v) is 12.9. The molecule has 0 bridgehead atoms. The van der Waals surface area contributed by atoms with Gasteiger partial charge in [-0.3, -0.25) is 14.5 Å². The van der Waals surface area contributed by atoms with Crippen molar-refractivity contribution in [3.63, 3.8) is 0 Å². The molecule has 3 aromatic carbocycles. The molecule has 0 saturated carbocycles. The van der Waals surface area contributed by atoms with Gasteiger partial charge in [-0.15, -0.1) is 0 Å². The zero-order chi connectivity index (χ0) is 24.7. The van der Waals surface area contributed by atoms with E-state index in [1.54, 1.807) is 36.4 Å². The number of aromatic nitrogens is 1. The highest BCUT2D eigenvalue weighted by atomic mass is 79.9. The van der Waals surface area contributed by atoms with Crippen LogP contribution in [0.3, 0.4) is 0 Å². The number of imide groups is 1. The van der Waals surface area contributed by atoms with E-state index in [4.69, 9.17) is 23.2 Å². The van der Waals surface area contributed by atoms with Crippen LogP contribution in [0.25, 0.3) is 17.0 Å². The lowest BCUT2D eigenvalue weighted by atomic mass is 10.1. The second-order valence-electron chi connectivity index (χ2n) is 8.00. The Hall–Kier alpha value is -2.58. The number of rotatable bonds is 5. The Morgan fingerprint density at radius 1 is 0.971 bits per heavy atom. The van der Waals surface area contributed by atoms with E-state index in [2.05, 4.69) is 15.9 Å². The molecule has 0 unspecified atom stereocenters. The topological polar surface area (TPSA) is 42.3 Å². The highest BCUT2D eigenvalue weighted by Gasteiger charge is 2.35. The number of amides is 2. The number of benzene rings is 3. The number of thioether (sulfide) groups is 1. The predicted molar refractivity (Wildman–Crippen MR) is 143 cm³/mol. The van der Waals surface area contributed by atoms with Gasteiger partial charge in [0.2, 0.25) is 0 Å². The molecule has 0 N–H and O–H groups in total. The van der Waals surface area contributed by atoms with E-state index in [0.717, 1.165) is 38.3 Å². The third-order valence-corrected chi connectivity index (χ3v) is 7.63. The van der Waals surface area contributed by atoms with Gasteiger partial charge in [0.15, 0.2) is 0 Å². The van der Waals surface area contributed by atoms with Crippen LogP contribution in [-0.2, 0) is 17.9 Å². The summed E-state index contributed by atoms with van der Waals surface area (Å²) in [6.07, 6.45) is 3.68. The van der Waals surface area contributed by atoms with Crippen molar-refractivity contribution in [3.05, 3.63) is 109 Å². The number of hydrogen-bond donors (Lipinski definition) is 0. The molecule has 176 valence electrons. The van der Waals surface area contributed by atoms with Crippen molar-refractivity contribution >= 4 is 79.0 Å². The van der Waals surface area contributed by atoms with E-state index < -0.39 is 0 Å². The Bertz CT molecular complexity index is 1520. The number of hydrogen-bond acceptors (Lipinski definition) is 3. The molecule has 35 heavy (non-hydrogen) atoms. The third-order valence-electron chi connectivity index (χ3n) is 5.64. The van der Waals surface area contributed by atoms with Crippen LogP contribution >= 0.6 is 50.9 Å². The molecular weight excluding hydrogens is 574 g/mol. The minimum Gasteiger partial charge on any atom is -0.342 e. The molecular formula is C26H16BrCl2FN2O2S. The second-order valence-corrected chi connectivity index (χ2v) is 10.8. The monoisotopic (exact) mass is 588 g/mol. The van der Waals surface area contributed by atoms with Crippen LogP contribution in [0.5, 0.6) is 0 Å². The van der Waals surface area contributed by atoms with Gasteiger partial charge in [-0.05, 0) is 71.4 Å². The molecule has 1 aliphatic heterocycles. The Morgan fingerprint density at radius 3 is 2.49 bits per heavy atom. The molecule has 0 aliphatic carbocycles. The fourth-order valence-corrected chi connectivity index (χ4v) is 5.59. The molecule has 5 rings (SSSR count). The van der Waals surface area contributed by atoms with Crippen LogP contribution in [-0.4, -0.2) is 20.6 Å². The van der Waals surface area contributed by atoms with Crippen molar-refractivity contribution in [1.29, 1.82) is 0 Å². The third kappa shape index (κ3) is 5.05. The van der Waals surface area contributed by atoms with Crippen molar-refractivity contribution < 1.29 is 14.0 Å². The average molecular weight is 590 g/mol. The number of halogens is 4. The number of fused-ring (bicyclic) bond motifs is 1. The number of carbonyl (C=O) groups excluding carboxylic acids is 2. The summed E-state index contributed by atoms with van der Waals surface area (Å²) in [6, 6.07) is 17.2. The Balaban J connectivity index is 1.48. The van der Waals surface area contributed by atoms with Gasteiger partial charge in [-0.1, -0.05) is 57.3 Å². The van der Waals surface area contributed by atoms with Crippen molar-refractivity contribution in [2.75, 3.05) is 0 Å². The van der Waals surface area contributed by atoms with Gasteiger partial charge in [0.1, 0.15) is 5.82 Å². The molecule has 1 saturated heterocycles. The summed E-state index contributed by atoms with van der Waals surface area (Å²) in [5, 5.41) is 1.45. The summed E-state index contributed by atoms with van der Waals surface area (Å²) < 4.78 is 16.3. The minimum atomic E-state index is -0.375. The molecule has 1 aromatic heterocycles. The summed E-state index contributed by atoms with van der Waals surface area (Å²) in [4.78, 5) is 27.3. The molecule has 0 spiro atoms.